The topological polar surface area (TPSA) is 59.6 Å². The molecule has 120 valence electrons. The highest BCUT2D eigenvalue weighted by atomic mass is 16.6. The number of amides is 1. The second-order valence-electron chi connectivity index (χ2n) is 6.09. The van der Waals surface area contributed by atoms with Crippen LogP contribution < -0.4 is 20.1 Å². The lowest BCUT2D eigenvalue weighted by atomic mass is 10.0. The van der Waals surface area contributed by atoms with Crippen LogP contribution in [-0.4, -0.2) is 32.2 Å². The zero-order chi connectivity index (χ0) is 15.4. The molecule has 5 heteroatoms. The Morgan fingerprint density at radius 3 is 2.95 bits per heavy atom. The minimum absolute atomic E-state index is 0.0231. The number of carbonyl (C=O) groups excluding carboxylic acids is 1. The van der Waals surface area contributed by atoms with Gasteiger partial charge in [0.15, 0.2) is 11.5 Å². The Balaban J connectivity index is 1.52. The van der Waals surface area contributed by atoms with Crippen LogP contribution in [0.5, 0.6) is 11.5 Å². The monoisotopic (exact) mass is 304 g/mol. The predicted molar refractivity (Wildman–Crippen MR) is 84.2 cm³/mol. The molecule has 0 aliphatic carbocycles. The lowest BCUT2D eigenvalue weighted by Crippen LogP contribution is -2.27. The smallest absolute Gasteiger partial charge is 0.220 e. The van der Waals surface area contributed by atoms with Gasteiger partial charge in [-0.15, -0.1) is 0 Å². The molecule has 2 heterocycles. The molecule has 22 heavy (non-hydrogen) atoms. The minimum atomic E-state index is -0.0231. The SMILES string of the molecule is CC(NC(=O)CCC1CCNC1)c1ccc2c(c1)OCCO2. The van der Waals surface area contributed by atoms with E-state index in [2.05, 4.69) is 10.6 Å². The van der Waals surface area contributed by atoms with Crippen molar-refractivity contribution in [3.05, 3.63) is 23.8 Å². The number of ether oxygens (including phenoxy) is 2. The minimum Gasteiger partial charge on any atom is -0.486 e. The number of hydrogen-bond acceptors (Lipinski definition) is 4. The van der Waals surface area contributed by atoms with Crippen molar-refractivity contribution in [2.45, 2.75) is 32.2 Å². The summed E-state index contributed by atoms with van der Waals surface area (Å²) in [6.45, 7) is 5.30. The molecule has 0 saturated carbocycles. The van der Waals surface area contributed by atoms with Crippen molar-refractivity contribution in [2.75, 3.05) is 26.3 Å². The molecule has 0 bridgehead atoms. The van der Waals surface area contributed by atoms with Crippen molar-refractivity contribution in [3.63, 3.8) is 0 Å². The summed E-state index contributed by atoms with van der Waals surface area (Å²) >= 11 is 0. The van der Waals surface area contributed by atoms with Crippen molar-refractivity contribution >= 4 is 5.91 Å². The van der Waals surface area contributed by atoms with Gasteiger partial charge >= 0.3 is 0 Å². The Labute approximate surface area is 131 Å². The summed E-state index contributed by atoms with van der Waals surface area (Å²) in [6, 6.07) is 5.83. The summed E-state index contributed by atoms with van der Waals surface area (Å²) < 4.78 is 11.1. The van der Waals surface area contributed by atoms with Gasteiger partial charge in [0.25, 0.3) is 0 Å². The summed E-state index contributed by atoms with van der Waals surface area (Å²) in [5, 5.41) is 6.41. The third kappa shape index (κ3) is 3.71. The lowest BCUT2D eigenvalue weighted by Gasteiger charge is -2.21. The first-order chi connectivity index (χ1) is 10.7. The number of benzene rings is 1. The van der Waals surface area contributed by atoms with Crippen molar-refractivity contribution in [3.8, 4) is 11.5 Å². The average molecular weight is 304 g/mol. The maximum atomic E-state index is 12.1. The van der Waals surface area contributed by atoms with Crippen LogP contribution in [0.4, 0.5) is 0 Å². The van der Waals surface area contributed by atoms with E-state index >= 15 is 0 Å². The molecule has 3 rings (SSSR count). The molecular formula is C17H24N2O3. The summed E-state index contributed by atoms with van der Waals surface area (Å²) in [5.74, 6) is 2.31. The van der Waals surface area contributed by atoms with Gasteiger partial charge in [-0.3, -0.25) is 4.79 Å². The molecule has 2 aliphatic rings. The zero-order valence-corrected chi connectivity index (χ0v) is 13.1. The number of hydrogen-bond donors (Lipinski definition) is 2. The van der Waals surface area contributed by atoms with Crippen LogP contribution in [0.15, 0.2) is 18.2 Å². The van der Waals surface area contributed by atoms with Gasteiger partial charge in [0.05, 0.1) is 6.04 Å². The number of fused-ring (bicyclic) bond motifs is 1. The van der Waals surface area contributed by atoms with Crippen LogP contribution in [0, 0.1) is 5.92 Å². The first-order valence-corrected chi connectivity index (χ1v) is 8.12. The van der Waals surface area contributed by atoms with Crippen LogP contribution in [0.1, 0.15) is 37.8 Å². The molecule has 1 aromatic rings. The number of carbonyl (C=O) groups is 1. The van der Waals surface area contributed by atoms with E-state index in [1.165, 1.54) is 6.42 Å². The highest BCUT2D eigenvalue weighted by molar-refractivity contribution is 5.76. The van der Waals surface area contributed by atoms with Crippen molar-refractivity contribution in [1.29, 1.82) is 0 Å². The molecule has 1 fully saturated rings. The molecule has 1 aromatic carbocycles. The molecule has 0 aromatic heterocycles. The first-order valence-electron chi connectivity index (χ1n) is 8.12. The number of rotatable bonds is 5. The molecule has 2 aliphatic heterocycles. The molecule has 0 spiro atoms. The van der Waals surface area contributed by atoms with Crippen molar-refractivity contribution in [1.82, 2.24) is 10.6 Å². The molecule has 1 saturated heterocycles. The van der Waals surface area contributed by atoms with Gasteiger partial charge in [0.2, 0.25) is 5.91 Å². The van der Waals surface area contributed by atoms with E-state index in [9.17, 15) is 4.79 Å². The fourth-order valence-corrected chi connectivity index (χ4v) is 3.02. The third-order valence-corrected chi connectivity index (χ3v) is 4.39. The Bertz CT molecular complexity index is 527. The maximum absolute atomic E-state index is 12.1. The first kappa shape index (κ1) is 15.2. The molecule has 1 amide bonds. The molecule has 0 radical (unpaired) electrons. The molecule has 5 nitrogen and oxygen atoms in total. The van der Waals surface area contributed by atoms with Crippen LogP contribution in [0.2, 0.25) is 0 Å². The second kappa shape index (κ2) is 7.01. The molecule has 2 unspecified atom stereocenters. The van der Waals surface area contributed by atoms with E-state index in [-0.39, 0.29) is 11.9 Å². The fourth-order valence-electron chi connectivity index (χ4n) is 3.02. The summed E-state index contributed by atoms with van der Waals surface area (Å²) in [5.41, 5.74) is 1.04. The maximum Gasteiger partial charge on any atom is 0.220 e. The quantitative estimate of drug-likeness (QED) is 0.874. The van der Waals surface area contributed by atoms with Gasteiger partial charge < -0.3 is 20.1 Å². The van der Waals surface area contributed by atoms with Crippen LogP contribution >= 0.6 is 0 Å². The molecular weight excluding hydrogens is 280 g/mol. The normalized spacial score (nSPS) is 21.4. The Kier molecular flexibility index (Phi) is 4.83. The van der Waals surface area contributed by atoms with Gasteiger partial charge in [-0.05, 0) is 56.5 Å². The largest absolute Gasteiger partial charge is 0.486 e. The van der Waals surface area contributed by atoms with Gasteiger partial charge in [-0.25, -0.2) is 0 Å². The highest BCUT2D eigenvalue weighted by Gasteiger charge is 2.18. The molecule has 2 atom stereocenters. The van der Waals surface area contributed by atoms with Crippen molar-refractivity contribution < 1.29 is 14.3 Å². The Hall–Kier alpha value is -1.75. The standard InChI is InChI=1S/C17H24N2O3/c1-12(19-17(20)5-2-13-6-7-18-11-13)14-3-4-15-16(10-14)22-9-8-21-15/h3-4,10,12-13,18H,2,5-9,11H2,1H3,(H,19,20). The predicted octanol–water partition coefficient (Wildman–Crippen LogP) is 2.02. The van der Waals surface area contributed by atoms with Crippen molar-refractivity contribution in [2.24, 2.45) is 5.92 Å². The van der Waals surface area contributed by atoms with Crippen LogP contribution in [-0.2, 0) is 4.79 Å². The second-order valence-corrected chi connectivity index (χ2v) is 6.09. The third-order valence-electron chi connectivity index (χ3n) is 4.39. The molecule has 2 N–H and O–H groups in total. The van der Waals surface area contributed by atoms with Crippen LogP contribution in [0.25, 0.3) is 0 Å². The van der Waals surface area contributed by atoms with E-state index in [1.54, 1.807) is 0 Å². The van der Waals surface area contributed by atoms with Gasteiger partial charge in [0.1, 0.15) is 13.2 Å². The Morgan fingerprint density at radius 2 is 2.18 bits per heavy atom. The fraction of sp³-hybridized carbons (Fsp3) is 0.588. The van der Waals surface area contributed by atoms with E-state index in [4.69, 9.17) is 9.47 Å². The zero-order valence-electron chi connectivity index (χ0n) is 13.1. The van der Waals surface area contributed by atoms with E-state index < -0.39 is 0 Å². The average Bonchev–Trinajstić information content (AvgIpc) is 3.06. The van der Waals surface area contributed by atoms with E-state index in [0.29, 0.717) is 25.6 Å². The Morgan fingerprint density at radius 1 is 1.36 bits per heavy atom. The van der Waals surface area contributed by atoms with Gasteiger partial charge in [0, 0.05) is 6.42 Å². The van der Waals surface area contributed by atoms with Gasteiger partial charge in [-0.1, -0.05) is 6.07 Å². The van der Waals surface area contributed by atoms with Crippen LogP contribution in [0.3, 0.4) is 0 Å². The van der Waals surface area contributed by atoms with E-state index in [0.717, 1.165) is 36.6 Å². The van der Waals surface area contributed by atoms with E-state index in [1.807, 2.05) is 25.1 Å². The highest BCUT2D eigenvalue weighted by Crippen LogP contribution is 2.32. The number of nitrogens with one attached hydrogen (secondary N) is 2. The summed E-state index contributed by atoms with van der Waals surface area (Å²) in [7, 11) is 0. The summed E-state index contributed by atoms with van der Waals surface area (Å²) in [4.78, 5) is 12.1. The lowest BCUT2D eigenvalue weighted by molar-refractivity contribution is -0.122. The summed E-state index contributed by atoms with van der Waals surface area (Å²) in [6.07, 6.45) is 2.75. The van der Waals surface area contributed by atoms with Gasteiger partial charge in [-0.2, -0.15) is 0 Å².